The van der Waals surface area contributed by atoms with Crippen molar-refractivity contribution in [2.45, 2.75) is 33.3 Å². The van der Waals surface area contributed by atoms with E-state index in [0.717, 1.165) is 5.56 Å². The van der Waals surface area contributed by atoms with Crippen LogP contribution in [0.1, 0.15) is 47.1 Å². The average molecular weight is 403 g/mol. The first-order valence-electron chi connectivity index (χ1n) is 9.69. The molecule has 0 aromatic heterocycles. The molecule has 1 amide bonds. The molecule has 0 fully saturated rings. The van der Waals surface area contributed by atoms with Crippen molar-refractivity contribution in [3.05, 3.63) is 89.5 Å². The number of rotatable bonds is 5. The fraction of sp³-hybridized carbons (Fsp3) is 0.200. The number of esters is 1. The van der Waals surface area contributed by atoms with Gasteiger partial charge in [0.15, 0.2) is 0 Å². The summed E-state index contributed by atoms with van der Waals surface area (Å²) in [5, 5.41) is 2.81. The summed E-state index contributed by atoms with van der Waals surface area (Å²) in [5.74, 6) is 0.307. The third kappa shape index (κ3) is 5.70. The van der Waals surface area contributed by atoms with Gasteiger partial charge in [-0.2, -0.15) is 0 Å². The molecule has 3 aromatic rings. The van der Waals surface area contributed by atoms with E-state index in [4.69, 9.17) is 9.47 Å². The summed E-state index contributed by atoms with van der Waals surface area (Å²) in [5.41, 5.74) is 1.53. The molecular weight excluding hydrogens is 378 g/mol. The summed E-state index contributed by atoms with van der Waals surface area (Å²) in [7, 11) is 0. The van der Waals surface area contributed by atoms with Gasteiger partial charge in [-0.1, -0.05) is 35.9 Å². The van der Waals surface area contributed by atoms with Crippen molar-refractivity contribution in [2.75, 3.05) is 5.32 Å². The molecule has 0 atom stereocenters. The number of nitrogens with one attached hydrogen (secondary N) is 1. The molecule has 154 valence electrons. The maximum Gasteiger partial charge on any atom is 0.340 e. The number of aryl methyl sites for hydroxylation is 1. The molecule has 0 unspecified atom stereocenters. The van der Waals surface area contributed by atoms with Gasteiger partial charge in [0.25, 0.3) is 5.91 Å². The fourth-order valence-corrected chi connectivity index (χ4v) is 2.73. The van der Waals surface area contributed by atoms with E-state index in [0.29, 0.717) is 22.7 Å². The van der Waals surface area contributed by atoms with Crippen molar-refractivity contribution >= 4 is 17.6 Å². The van der Waals surface area contributed by atoms with Gasteiger partial charge in [0.1, 0.15) is 17.1 Å². The highest BCUT2D eigenvalue weighted by Crippen LogP contribution is 2.29. The highest BCUT2D eigenvalue weighted by molar-refractivity contribution is 6.08. The summed E-state index contributed by atoms with van der Waals surface area (Å²) >= 11 is 0. The van der Waals surface area contributed by atoms with E-state index < -0.39 is 11.6 Å². The lowest BCUT2D eigenvalue weighted by atomic mass is 10.1. The lowest BCUT2D eigenvalue weighted by molar-refractivity contribution is 0.00708. The average Bonchev–Trinajstić information content (AvgIpc) is 2.69. The van der Waals surface area contributed by atoms with Crippen LogP contribution in [0.5, 0.6) is 11.5 Å². The van der Waals surface area contributed by atoms with Gasteiger partial charge in [0.05, 0.1) is 11.3 Å². The van der Waals surface area contributed by atoms with E-state index in [9.17, 15) is 9.59 Å². The smallest absolute Gasteiger partial charge is 0.340 e. The molecule has 0 saturated carbocycles. The fourth-order valence-electron chi connectivity index (χ4n) is 2.73. The van der Waals surface area contributed by atoms with Crippen molar-refractivity contribution in [1.29, 1.82) is 0 Å². The molecule has 3 aromatic carbocycles. The Labute approximate surface area is 176 Å². The monoisotopic (exact) mass is 403 g/mol. The van der Waals surface area contributed by atoms with Gasteiger partial charge in [-0.3, -0.25) is 4.79 Å². The molecule has 0 aliphatic heterocycles. The van der Waals surface area contributed by atoms with Gasteiger partial charge >= 0.3 is 5.97 Å². The van der Waals surface area contributed by atoms with Crippen LogP contribution in [0, 0.1) is 6.92 Å². The van der Waals surface area contributed by atoms with E-state index in [1.165, 1.54) is 0 Å². The molecule has 0 saturated heterocycles. The van der Waals surface area contributed by atoms with Crippen LogP contribution in [0.4, 0.5) is 5.69 Å². The SMILES string of the molecule is Cc1ccc(Oc2ccc(C(=O)OC(C)(C)C)c(NC(=O)c3ccccc3)c2)cc1. The largest absolute Gasteiger partial charge is 0.457 e. The van der Waals surface area contributed by atoms with E-state index >= 15 is 0 Å². The molecule has 0 bridgehead atoms. The quantitative estimate of drug-likeness (QED) is 0.531. The number of hydrogen-bond donors (Lipinski definition) is 1. The zero-order chi connectivity index (χ0) is 21.7. The molecule has 30 heavy (non-hydrogen) atoms. The predicted molar refractivity (Wildman–Crippen MR) is 117 cm³/mol. The summed E-state index contributed by atoms with van der Waals surface area (Å²) < 4.78 is 11.4. The molecule has 0 radical (unpaired) electrons. The Morgan fingerprint density at radius 3 is 2.10 bits per heavy atom. The van der Waals surface area contributed by atoms with Crippen LogP contribution in [0.25, 0.3) is 0 Å². The van der Waals surface area contributed by atoms with Gasteiger partial charge < -0.3 is 14.8 Å². The van der Waals surface area contributed by atoms with Crippen molar-refractivity contribution < 1.29 is 19.1 Å². The van der Waals surface area contributed by atoms with Crippen LogP contribution in [0.15, 0.2) is 72.8 Å². The van der Waals surface area contributed by atoms with Gasteiger partial charge in [0.2, 0.25) is 0 Å². The van der Waals surface area contributed by atoms with E-state index in [1.54, 1.807) is 63.2 Å². The van der Waals surface area contributed by atoms with Crippen molar-refractivity contribution in [2.24, 2.45) is 0 Å². The van der Waals surface area contributed by atoms with Gasteiger partial charge in [-0.05, 0) is 64.1 Å². The lowest BCUT2D eigenvalue weighted by Crippen LogP contribution is -2.25. The van der Waals surface area contributed by atoms with Crippen LogP contribution in [0.3, 0.4) is 0 Å². The molecule has 0 aliphatic carbocycles. The zero-order valence-corrected chi connectivity index (χ0v) is 17.6. The Balaban J connectivity index is 1.92. The van der Waals surface area contributed by atoms with Crippen molar-refractivity contribution in [3.63, 3.8) is 0 Å². The lowest BCUT2D eigenvalue weighted by Gasteiger charge is -2.21. The second-order valence-corrected chi connectivity index (χ2v) is 7.94. The Bertz CT molecular complexity index is 1030. The van der Waals surface area contributed by atoms with Crippen LogP contribution >= 0.6 is 0 Å². The van der Waals surface area contributed by atoms with E-state index in [-0.39, 0.29) is 11.5 Å². The second-order valence-electron chi connectivity index (χ2n) is 7.94. The first-order valence-corrected chi connectivity index (χ1v) is 9.69. The first kappa shape index (κ1) is 21.1. The van der Waals surface area contributed by atoms with Crippen molar-refractivity contribution in [3.8, 4) is 11.5 Å². The van der Waals surface area contributed by atoms with Crippen LogP contribution < -0.4 is 10.1 Å². The first-order chi connectivity index (χ1) is 14.2. The molecule has 1 N–H and O–H groups in total. The maximum absolute atomic E-state index is 12.7. The summed E-state index contributed by atoms with van der Waals surface area (Å²) in [4.78, 5) is 25.4. The molecular formula is C25H25NO4. The van der Waals surface area contributed by atoms with Crippen LogP contribution in [-0.2, 0) is 4.74 Å². The van der Waals surface area contributed by atoms with Crippen molar-refractivity contribution in [1.82, 2.24) is 0 Å². The predicted octanol–water partition coefficient (Wildman–Crippen LogP) is 5.99. The number of ether oxygens (including phenoxy) is 2. The standard InChI is InChI=1S/C25H25NO4/c1-17-10-12-19(13-11-17)29-20-14-15-21(24(28)30-25(2,3)4)22(16-20)26-23(27)18-8-6-5-7-9-18/h5-16H,1-4H3,(H,26,27). The Kier molecular flexibility index (Phi) is 6.21. The minimum Gasteiger partial charge on any atom is -0.457 e. The molecule has 5 heteroatoms. The number of anilines is 1. The summed E-state index contributed by atoms with van der Waals surface area (Å²) in [6, 6.07) is 21.3. The van der Waals surface area contributed by atoms with E-state index in [1.807, 2.05) is 37.3 Å². The van der Waals surface area contributed by atoms with Gasteiger partial charge in [-0.25, -0.2) is 4.79 Å². The molecule has 5 nitrogen and oxygen atoms in total. The molecule has 3 rings (SSSR count). The Morgan fingerprint density at radius 1 is 0.833 bits per heavy atom. The number of amides is 1. The maximum atomic E-state index is 12.7. The minimum atomic E-state index is -0.658. The van der Waals surface area contributed by atoms with Gasteiger partial charge in [0, 0.05) is 11.6 Å². The summed E-state index contributed by atoms with van der Waals surface area (Å²) in [6.45, 7) is 7.38. The number of carbonyl (C=O) groups is 2. The normalized spacial score (nSPS) is 10.9. The number of carbonyl (C=O) groups excluding carboxylic acids is 2. The molecule has 0 spiro atoms. The Morgan fingerprint density at radius 2 is 1.47 bits per heavy atom. The number of benzene rings is 3. The van der Waals surface area contributed by atoms with E-state index in [2.05, 4.69) is 5.32 Å². The Hall–Kier alpha value is -3.60. The third-order valence-electron chi connectivity index (χ3n) is 4.15. The molecule has 0 aliphatic rings. The third-order valence-corrected chi connectivity index (χ3v) is 4.15. The highest BCUT2D eigenvalue weighted by atomic mass is 16.6. The summed E-state index contributed by atoms with van der Waals surface area (Å²) in [6.07, 6.45) is 0. The zero-order valence-electron chi connectivity index (χ0n) is 17.6. The van der Waals surface area contributed by atoms with Crippen LogP contribution in [-0.4, -0.2) is 17.5 Å². The van der Waals surface area contributed by atoms with Gasteiger partial charge in [-0.15, -0.1) is 0 Å². The number of hydrogen-bond acceptors (Lipinski definition) is 4. The minimum absolute atomic E-state index is 0.255. The second kappa shape index (κ2) is 8.82. The molecule has 0 heterocycles. The highest BCUT2D eigenvalue weighted by Gasteiger charge is 2.22. The topological polar surface area (TPSA) is 64.6 Å². The van der Waals surface area contributed by atoms with Crippen LogP contribution in [0.2, 0.25) is 0 Å².